The Balaban J connectivity index is 1.87. The van der Waals surface area contributed by atoms with Crippen molar-refractivity contribution >= 4 is 17.4 Å². The van der Waals surface area contributed by atoms with Gasteiger partial charge in [-0.2, -0.15) is 0 Å². The van der Waals surface area contributed by atoms with Crippen molar-refractivity contribution in [1.29, 1.82) is 0 Å². The molecule has 1 amide bonds. The Kier molecular flexibility index (Phi) is 6.28. The van der Waals surface area contributed by atoms with Gasteiger partial charge in [-0.25, -0.2) is 0 Å². The van der Waals surface area contributed by atoms with E-state index in [1.54, 1.807) is 48.8 Å². The van der Waals surface area contributed by atoms with Gasteiger partial charge in [0.1, 0.15) is 17.3 Å². The Morgan fingerprint density at radius 1 is 1.15 bits per heavy atom. The smallest absolute Gasteiger partial charge is 0.296 e. The van der Waals surface area contributed by atoms with Gasteiger partial charge in [0.05, 0.1) is 31.0 Å². The van der Waals surface area contributed by atoms with Gasteiger partial charge in [0.15, 0.2) is 0 Å². The molecular weight excluding hydrogens is 432 g/mol. The van der Waals surface area contributed by atoms with Gasteiger partial charge in [0.25, 0.3) is 11.7 Å². The molecule has 1 aliphatic rings. The lowest BCUT2D eigenvalue weighted by Crippen LogP contribution is -2.29. The SMILES string of the molecule is CCOc1ccc(/C(O)=C2/C(=O)C(=O)N(Cc3ccco3)C2c2ccncc2)cc1C(C)(C)C. The van der Waals surface area contributed by atoms with Crippen LogP contribution in [0.1, 0.15) is 56.2 Å². The Bertz CT molecular complexity index is 1220. The highest BCUT2D eigenvalue weighted by Gasteiger charge is 2.46. The average molecular weight is 461 g/mol. The van der Waals surface area contributed by atoms with Gasteiger partial charge < -0.3 is 19.2 Å². The number of nitrogens with zero attached hydrogens (tertiary/aromatic N) is 2. The molecule has 0 bridgehead atoms. The molecule has 3 aromatic rings. The molecule has 0 saturated carbocycles. The number of amides is 1. The van der Waals surface area contributed by atoms with Crippen LogP contribution >= 0.6 is 0 Å². The minimum atomic E-state index is -0.780. The zero-order chi connectivity index (χ0) is 24.5. The lowest BCUT2D eigenvalue weighted by Gasteiger charge is -2.25. The molecule has 0 radical (unpaired) electrons. The third kappa shape index (κ3) is 4.33. The second-order valence-electron chi connectivity index (χ2n) is 9.18. The second-order valence-corrected chi connectivity index (χ2v) is 9.18. The first-order valence-corrected chi connectivity index (χ1v) is 11.2. The van der Waals surface area contributed by atoms with Crippen molar-refractivity contribution in [2.45, 2.75) is 45.7 Å². The Morgan fingerprint density at radius 3 is 2.50 bits per heavy atom. The highest BCUT2D eigenvalue weighted by atomic mass is 16.5. The molecule has 1 N–H and O–H groups in total. The van der Waals surface area contributed by atoms with Crippen LogP contribution in [0.15, 0.2) is 71.1 Å². The Morgan fingerprint density at radius 2 is 1.88 bits per heavy atom. The normalized spacial score (nSPS) is 17.9. The first-order valence-electron chi connectivity index (χ1n) is 11.2. The summed E-state index contributed by atoms with van der Waals surface area (Å²) >= 11 is 0. The highest BCUT2D eigenvalue weighted by molar-refractivity contribution is 6.46. The van der Waals surface area contributed by atoms with Crippen LogP contribution in [0.4, 0.5) is 0 Å². The molecule has 1 saturated heterocycles. The summed E-state index contributed by atoms with van der Waals surface area (Å²) in [5.74, 6) is -0.401. The van der Waals surface area contributed by atoms with Crippen molar-refractivity contribution in [3.63, 3.8) is 0 Å². The summed E-state index contributed by atoms with van der Waals surface area (Å²) in [6, 6.07) is 11.5. The van der Waals surface area contributed by atoms with Crippen LogP contribution in [0.2, 0.25) is 0 Å². The average Bonchev–Trinajstić information content (AvgIpc) is 3.41. The molecular formula is C27H28N2O5. The number of hydrogen-bond acceptors (Lipinski definition) is 6. The number of aliphatic hydroxyl groups excluding tert-OH is 1. The van der Waals surface area contributed by atoms with Crippen LogP contribution in [0.5, 0.6) is 5.75 Å². The van der Waals surface area contributed by atoms with Crippen LogP contribution < -0.4 is 4.74 Å². The summed E-state index contributed by atoms with van der Waals surface area (Å²) in [4.78, 5) is 31.8. The summed E-state index contributed by atoms with van der Waals surface area (Å²) < 4.78 is 11.2. The predicted octanol–water partition coefficient (Wildman–Crippen LogP) is 4.99. The molecule has 7 nitrogen and oxygen atoms in total. The fraction of sp³-hybridized carbons (Fsp3) is 0.296. The van der Waals surface area contributed by atoms with Crippen molar-refractivity contribution in [3.8, 4) is 5.75 Å². The number of aliphatic hydroxyl groups is 1. The first-order chi connectivity index (χ1) is 16.2. The van der Waals surface area contributed by atoms with Gasteiger partial charge in [-0.3, -0.25) is 14.6 Å². The molecule has 1 aromatic carbocycles. The molecule has 1 fully saturated rings. The molecule has 3 heterocycles. The number of hydrogen-bond donors (Lipinski definition) is 1. The van der Waals surface area contributed by atoms with E-state index in [4.69, 9.17) is 9.15 Å². The van der Waals surface area contributed by atoms with Gasteiger partial charge in [-0.15, -0.1) is 0 Å². The maximum absolute atomic E-state index is 13.2. The lowest BCUT2D eigenvalue weighted by atomic mass is 9.84. The van der Waals surface area contributed by atoms with Crippen LogP contribution in [0.3, 0.4) is 0 Å². The van der Waals surface area contributed by atoms with E-state index >= 15 is 0 Å². The summed E-state index contributed by atoms with van der Waals surface area (Å²) in [6.07, 6.45) is 4.70. The van der Waals surface area contributed by atoms with E-state index in [0.717, 1.165) is 11.3 Å². The predicted molar refractivity (Wildman–Crippen MR) is 127 cm³/mol. The third-order valence-electron chi connectivity index (χ3n) is 5.83. The molecule has 1 aliphatic heterocycles. The highest BCUT2D eigenvalue weighted by Crippen LogP contribution is 2.41. The Hall–Kier alpha value is -3.87. The second kappa shape index (κ2) is 9.17. The quantitative estimate of drug-likeness (QED) is 0.316. The number of aromatic nitrogens is 1. The van der Waals surface area contributed by atoms with E-state index in [1.807, 2.05) is 33.8 Å². The molecule has 1 atom stereocenters. The summed E-state index contributed by atoms with van der Waals surface area (Å²) in [7, 11) is 0. The van der Waals surface area contributed by atoms with E-state index in [9.17, 15) is 14.7 Å². The molecule has 0 aliphatic carbocycles. The van der Waals surface area contributed by atoms with Crippen molar-refractivity contribution in [2.75, 3.05) is 6.61 Å². The lowest BCUT2D eigenvalue weighted by molar-refractivity contribution is -0.140. The number of furan rings is 1. The summed E-state index contributed by atoms with van der Waals surface area (Å²) in [5, 5.41) is 11.4. The molecule has 7 heteroatoms. The number of carbonyl (C=O) groups excluding carboxylic acids is 2. The van der Waals surface area contributed by atoms with Crippen molar-refractivity contribution in [3.05, 3.63) is 89.1 Å². The van der Waals surface area contributed by atoms with E-state index in [1.165, 1.54) is 11.2 Å². The maximum atomic E-state index is 13.2. The number of ether oxygens (including phenoxy) is 1. The number of Topliss-reactive ketones (excluding diaryl/α,β-unsaturated/α-hetero) is 1. The van der Waals surface area contributed by atoms with Crippen LogP contribution in [-0.2, 0) is 21.5 Å². The molecule has 0 spiro atoms. The van der Waals surface area contributed by atoms with Gasteiger partial charge >= 0.3 is 0 Å². The minimum absolute atomic E-state index is 0.0341. The molecule has 1 unspecified atom stereocenters. The number of benzene rings is 1. The number of pyridine rings is 1. The van der Waals surface area contributed by atoms with Gasteiger partial charge in [0.2, 0.25) is 0 Å². The fourth-order valence-corrected chi connectivity index (χ4v) is 4.21. The van der Waals surface area contributed by atoms with E-state index in [-0.39, 0.29) is 23.3 Å². The van der Waals surface area contributed by atoms with Crippen molar-refractivity contribution in [2.24, 2.45) is 0 Å². The largest absolute Gasteiger partial charge is 0.507 e. The Labute approximate surface area is 198 Å². The van der Waals surface area contributed by atoms with Gasteiger partial charge in [-0.1, -0.05) is 20.8 Å². The maximum Gasteiger partial charge on any atom is 0.296 e. The number of rotatable bonds is 6. The van der Waals surface area contributed by atoms with Crippen LogP contribution in [-0.4, -0.2) is 33.3 Å². The topological polar surface area (TPSA) is 92.9 Å². The zero-order valence-corrected chi connectivity index (χ0v) is 19.7. The zero-order valence-electron chi connectivity index (χ0n) is 19.7. The van der Waals surface area contributed by atoms with Crippen molar-refractivity contribution < 1.29 is 23.8 Å². The van der Waals surface area contributed by atoms with E-state index in [2.05, 4.69) is 4.98 Å². The van der Waals surface area contributed by atoms with Crippen LogP contribution in [0.25, 0.3) is 5.76 Å². The monoisotopic (exact) mass is 460 g/mol. The molecule has 176 valence electrons. The van der Waals surface area contributed by atoms with Crippen molar-refractivity contribution in [1.82, 2.24) is 9.88 Å². The standard InChI is InChI=1S/C27H28N2O5/c1-5-33-21-9-8-18(15-20(21)27(2,3)4)24(30)22-23(17-10-12-28-13-11-17)29(26(32)25(22)31)16-19-7-6-14-34-19/h6-15,23,30H,5,16H2,1-4H3/b24-22-. The number of likely N-dealkylation sites (tertiary alicyclic amines) is 1. The number of carbonyl (C=O) groups is 2. The van der Waals surface area contributed by atoms with Crippen LogP contribution in [0, 0.1) is 0 Å². The first kappa shape index (κ1) is 23.3. The number of ketones is 1. The van der Waals surface area contributed by atoms with Gasteiger partial charge in [-0.05, 0) is 60.4 Å². The van der Waals surface area contributed by atoms with E-state index in [0.29, 0.717) is 23.5 Å². The molecule has 4 rings (SSSR count). The molecule has 2 aromatic heterocycles. The summed E-state index contributed by atoms with van der Waals surface area (Å²) in [5.41, 5.74) is 1.78. The third-order valence-corrected chi connectivity index (χ3v) is 5.83. The molecule has 34 heavy (non-hydrogen) atoms. The van der Waals surface area contributed by atoms with E-state index < -0.39 is 17.7 Å². The minimum Gasteiger partial charge on any atom is -0.507 e. The summed E-state index contributed by atoms with van der Waals surface area (Å²) in [6.45, 7) is 8.66. The fourth-order valence-electron chi connectivity index (χ4n) is 4.21. The van der Waals surface area contributed by atoms with Gasteiger partial charge in [0, 0.05) is 23.5 Å².